The zero-order valence-corrected chi connectivity index (χ0v) is 9.55. The van der Waals surface area contributed by atoms with Crippen molar-refractivity contribution in [1.29, 1.82) is 0 Å². The van der Waals surface area contributed by atoms with Crippen LogP contribution in [0.25, 0.3) is 0 Å². The van der Waals surface area contributed by atoms with Crippen LogP contribution in [0.1, 0.15) is 40.0 Å². The Morgan fingerprint density at radius 1 is 1.38 bits per heavy atom. The molecule has 13 heavy (non-hydrogen) atoms. The molecule has 78 valence electrons. The van der Waals surface area contributed by atoms with Gasteiger partial charge in [-0.3, -0.25) is 0 Å². The zero-order chi connectivity index (χ0) is 10.1. The molecule has 0 spiro atoms. The Morgan fingerprint density at radius 3 is 2.54 bits per heavy atom. The second kappa shape index (κ2) is 8.31. The summed E-state index contributed by atoms with van der Waals surface area (Å²) in [5.41, 5.74) is 0. The fourth-order valence-corrected chi connectivity index (χ4v) is 1.55. The van der Waals surface area contributed by atoms with Crippen molar-refractivity contribution in [3.63, 3.8) is 0 Å². The van der Waals surface area contributed by atoms with Crippen LogP contribution in [0.5, 0.6) is 0 Å². The molecule has 0 fully saturated rings. The predicted octanol–water partition coefficient (Wildman–Crippen LogP) is 3.65. The van der Waals surface area contributed by atoms with Crippen molar-refractivity contribution in [3.8, 4) is 0 Å². The van der Waals surface area contributed by atoms with Gasteiger partial charge in [-0.05, 0) is 31.6 Å². The minimum atomic E-state index is 0.793. The van der Waals surface area contributed by atoms with Gasteiger partial charge in [0.25, 0.3) is 0 Å². The first-order chi connectivity index (χ1) is 6.26. The highest BCUT2D eigenvalue weighted by Gasteiger charge is 2.13. The van der Waals surface area contributed by atoms with E-state index in [1.165, 1.54) is 19.3 Å². The Bertz CT molecular complexity index is 129. The number of methoxy groups -OCH3 is 1. The van der Waals surface area contributed by atoms with Crippen LogP contribution in [0.4, 0.5) is 0 Å². The largest absolute Gasteiger partial charge is 0.385 e. The van der Waals surface area contributed by atoms with Gasteiger partial charge in [-0.25, -0.2) is 0 Å². The molecule has 0 saturated heterocycles. The predicted molar refractivity (Wildman–Crippen MR) is 58.9 cm³/mol. The molecule has 1 heteroatoms. The van der Waals surface area contributed by atoms with Gasteiger partial charge in [0, 0.05) is 13.7 Å². The zero-order valence-electron chi connectivity index (χ0n) is 9.55. The molecule has 0 aliphatic rings. The lowest BCUT2D eigenvalue weighted by Gasteiger charge is -2.21. The normalized spacial score (nSPS) is 16.3. The maximum atomic E-state index is 5.12. The highest BCUT2D eigenvalue weighted by Crippen LogP contribution is 2.22. The van der Waals surface area contributed by atoms with Crippen LogP contribution in [0, 0.1) is 11.8 Å². The first-order valence-electron chi connectivity index (χ1n) is 5.36. The minimum Gasteiger partial charge on any atom is -0.385 e. The summed E-state index contributed by atoms with van der Waals surface area (Å²) in [7, 11) is 1.78. The van der Waals surface area contributed by atoms with Gasteiger partial charge in [-0.15, -0.1) is 0 Å². The fraction of sp³-hybridized carbons (Fsp3) is 0.833. The summed E-state index contributed by atoms with van der Waals surface area (Å²) in [5.74, 6) is 1.60. The summed E-state index contributed by atoms with van der Waals surface area (Å²) >= 11 is 0. The van der Waals surface area contributed by atoms with Crippen LogP contribution in [0.2, 0.25) is 0 Å². The average Bonchev–Trinajstić information content (AvgIpc) is 2.17. The molecule has 0 aromatic carbocycles. The third kappa shape index (κ3) is 5.87. The van der Waals surface area contributed by atoms with E-state index >= 15 is 0 Å². The van der Waals surface area contributed by atoms with Crippen molar-refractivity contribution >= 4 is 0 Å². The van der Waals surface area contributed by atoms with Crippen LogP contribution in [0.15, 0.2) is 12.2 Å². The molecule has 0 N–H and O–H groups in total. The SMILES string of the molecule is CC=CCC(CCOC)C(C)CC. The van der Waals surface area contributed by atoms with Crippen LogP contribution in [-0.4, -0.2) is 13.7 Å². The van der Waals surface area contributed by atoms with E-state index < -0.39 is 0 Å². The summed E-state index contributed by atoms with van der Waals surface area (Å²) in [6.45, 7) is 7.58. The smallest absolute Gasteiger partial charge is 0.0465 e. The number of rotatable bonds is 7. The average molecular weight is 184 g/mol. The topological polar surface area (TPSA) is 9.23 Å². The van der Waals surface area contributed by atoms with Gasteiger partial charge in [-0.1, -0.05) is 32.4 Å². The van der Waals surface area contributed by atoms with E-state index in [2.05, 4.69) is 32.9 Å². The number of ether oxygens (including phenoxy) is 1. The van der Waals surface area contributed by atoms with Crippen molar-refractivity contribution in [2.45, 2.75) is 40.0 Å². The lowest BCUT2D eigenvalue weighted by atomic mass is 9.86. The van der Waals surface area contributed by atoms with Crippen molar-refractivity contribution in [2.24, 2.45) is 11.8 Å². The highest BCUT2D eigenvalue weighted by atomic mass is 16.5. The summed E-state index contributed by atoms with van der Waals surface area (Å²) in [5, 5.41) is 0. The van der Waals surface area contributed by atoms with Crippen molar-refractivity contribution in [1.82, 2.24) is 0 Å². The lowest BCUT2D eigenvalue weighted by Crippen LogP contribution is -2.12. The van der Waals surface area contributed by atoms with Gasteiger partial charge in [0.1, 0.15) is 0 Å². The fourth-order valence-electron chi connectivity index (χ4n) is 1.55. The van der Waals surface area contributed by atoms with Crippen LogP contribution < -0.4 is 0 Å². The van der Waals surface area contributed by atoms with Gasteiger partial charge in [-0.2, -0.15) is 0 Å². The summed E-state index contributed by atoms with van der Waals surface area (Å²) in [4.78, 5) is 0. The van der Waals surface area contributed by atoms with Crippen LogP contribution >= 0.6 is 0 Å². The highest BCUT2D eigenvalue weighted by molar-refractivity contribution is 4.82. The number of hydrogen-bond acceptors (Lipinski definition) is 1. The molecule has 0 bridgehead atoms. The van der Waals surface area contributed by atoms with E-state index in [-0.39, 0.29) is 0 Å². The van der Waals surface area contributed by atoms with E-state index in [0.717, 1.165) is 18.4 Å². The van der Waals surface area contributed by atoms with Crippen molar-refractivity contribution < 1.29 is 4.74 Å². The van der Waals surface area contributed by atoms with Gasteiger partial charge in [0.15, 0.2) is 0 Å². The lowest BCUT2D eigenvalue weighted by molar-refractivity contribution is 0.162. The number of hydrogen-bond donors (Lipinski definition) is 0. The molecule has 1 nitrogen and oxygen atoms in total. The second-order valence-corrected chi connectivity index (χ2v) is 3.73. The number of allylic oxidation sites excluding steroid dienone is 2. The molecular weight excluding hydrogens is 160 g/mol. The molecule has 0 saturated carbocycles. The van der Waals surface area contributed by atoms with Crippen molar-refractivity contribution in [3.05, 3.63) is 12.2 Å². The van der Waals surface area contributed by atoms with E-state index in [4.69, 9.17) is 4.74 Å². The van der Waals surface area contributed by atoms with Crippen LogP contribution in [0.3, 0.4) is 0 Å². The van der Waals surface area contributed by atoms with Gasteiger partial charge >= 0.3 is 0 Å². The van der Waals surface area contributed by atoms with Crippen molar-refractivity contribution in [2.75, 3.05) is 13.7 Å². The Kier molecular flexibility index (Phi) is 8.11. The molecule has 0 aromatic heterocycles. The van der Waals surface area contributed by atoms with E-state index in [1.807, 2.05) is 0 Å². The molecule has 2 unspecified atom stereocenters. The molecule has 2 atom stereocenters. The summed E-state index contributed by atoms with van der Waals surface area (Å²) in [6, 6.07) is 0. The van der Waals surface area contributed by atoms with E-state index in [0.29, 0.717) is 0 Å². The Balaban J connectivity index is 3.86. The molecule has 0 aliphatic heterocycles. The third-order valence-electron chi connectivity index (χ3n) is 2.82. The van der Waals surface area contributed by atoms with Gasteiger partial charge < -0.3 is 4.74 Å². The molecule has 0 amide bonds. The molecular formula is C12H24O. The molecule has 0 rings (SSSR count). The Hall–Kier alpha value is -0.300. The summed E-state index contributed by atoms with van der Waals surface area (Å²) in [6.07, 6.45) is 8.07. The third-order valence-corrected chi connectivity index (χ3v) is 2.82. The Labute approximate surface area is 83.2 Å². The minimum absolute atomic E-state index is 0.793. The summed E-state index contributed by atoms with van der Waals surface area (Å²) < 4.78 is 5.12. The Morgan fingerprint density at radius 2 is 2.08 bits per heavy atom. The second-order valence-electron chi connectivity index (χ2n) is 3.73. The quantitative estimate of drug-likeness (QED) is 0.549. The molecule has 0 aromatic rings. The maximum absolute atomic E-state index is 5.12. The maximum Gasteiger partial charge on any atom is 0.0465 e. The monoisotopic (exact) mass is 184 g/mol. The molecule has 0 aliphatic carbocycles. The van der Waals surface area contributed by atoms with E-state index in [1.54, 1.807) is 7.11 Å². The van der Waals surface area contributed by atoms with Crippen LogP contribution in [-0.2, 0) is 4.74 Å². The first-order valence-corrected chi connectivity index (χ1v) is 5.36. The molecule has 0 radical (unpaired) electrons. The van der Waals surface area contributed by atoms with Gasteiger partial charge in [0.05, 0.1) is 0 Å². The molecule has 0 heterocycles. The van der Waals surface area contributed by atoms with E-state index in [9.17, 15) is 0 Å². The first kappa shape index (κ1) is 12.7. The van der Waals surface area contributed by atoms with Gasteiger partial charge in [0.2, 0.25) is 0 Å². The standard InChI is InChI=1S/C12H24O/c1-5-7-8-12(9-10-13-4)11(3)6-2/h5,7,11-12H,6,8-10H2,1-4H3.